The third-order valence-corrected chi connectivity index (χ3v) is 4.54. The van der Waals surface area contributed by atoms with Gasteiger partial charge in [-0.1, -0.05) is 26.0 Å². The molecule has 0 fully saturated rings. The Balaban J connectivity index is 2.00. The summed E-state index contributed by atoms with van der Waals surface area (Å²) in [7, 11) is 0. The fraction of sp³-hybridized carbons (Fsp3) is 0.350. The van der Waals surface area contributed by atoms with E-state index in [1.807, 2.05) is 20.8 Å². The van der Waals surface area contributed by atoms with Crippen LogP contribution in [0.3, 0.4) is 0 Å². The zero-order chi connectivity index (χ0) is 18.9. The Labute approximate surface area is 151 Å². The van der Waals surface area contributed by atoms with Crippen molar-refractivity contribution < 1.29 is 23.8 Å². The molecule has 1 amide bonds. The lowest BCUT2D eigenvalue weighted by Gasteiger charge is -2.39. The third-order valence-electron chi connectivity index (χ3n) is 4.54. The summed E-state index contributed by atoms with van der Waals surface area (Å²) < 4.78 is 26.0. The molecular formula is C20H22FNO4. The van der Waals surface area contributed by atoms with Crippen LogP contribution in [0, 0.1) is 11.2 Å². The Hall–Kier alpha value is -2.76. The molecule has 1 aliphatic rings. The van der Waals surface area contributed by atoms with Crippen molar-refractivity contribution in [2.75, 3.05) is 13.2 Å². The van der Waals surface area contributed by atoms with Gasteiger partial charge in [0.25, 0.3) is 0 Å². The third kappa shape index (κ3) is 3.45. The Bertz CT molecular complexity index is 817. The molecule has 0 aromatic heterocycles. The molecule has 1 aliphatic heterocycles. The van der Waals surface area contributed by atoms with Gasteiger partial charge < -0.3 is 19.9 Å². The van der Waals surface area contributed by atoms with Gasteiger partial charge in [0, 0.05) is 16.5 Å². The smallest absolute Gasteiger partial charge is 0.405 e. The second-order valence-electron chi connectivity index (χ2n) is 6.99. The van der Waals surface area contributed by atoms with E-state index >= 15 is 0 Å². The average molecular weight is 359 g/mol. The molecule has 2 N–H and O–H groups in total. The van der Waals surface area contributed by atoms with Crippen molar-refractivity contribution in [3.05, 3.63) is 47.8 Å². The van der Waals surface area contributed by atoms with E-state index in [-0.39, 0.29) is 0 Å². The monoisotopic (exact) mass is 359 g/mol. The Morgan fingerprint density at radius 2 is 2.04 bits per heavy atom. The maximum Gasteiger partial charge on any atom is 0.405 e. The number of halogens is 1. The molecule has 5 nitrogen and oxygen atoms in total. The zero-order valence-electron chi connectivity index (χ0n) is 15.0. The van der Waals surface area contributed by atoms with Crippen LogP contribution in [0.5, 0.6) is 11.5 Å². The van der Waals surface area contributed by atoms with Crippen LogP contribution in [-0.4, -0.2) is 24.4 Å². The highest BCUT2D eigenvalue weighted by Gasteiger charge is 2.39. The van der Waals surface area contributed by atoms with Crippen molar-refractivity contribution in [1.29, 1.82) is 0 Å². The highest BCUT2D eigenvalue weighted by Crippen LogP contribution is 2.45. The van der Waals surface area contributed by atoms with Crippen molar-refractivity contribution >= 4 is 6.09 Å². The molecule has 0 saturated carbocycles. The highest BCUT2D eigenvalue weighted by molar-refractivity contribution is 5.69. The highest BCUT2D eigenvalue weighted by atomic mass is 19.1. The summed E-state index contributed by atoms with van der Waals surface area (Å²) in [5, 5.41) is 11.6. The number of benzene rings is 2. The van der Waals surface area contributed by atoms with Gasteiger partial charge in [-0.3, -0.25) is 0 Å². The van der Waals surface area contributed by atoms with Crippen molar-refractivity contribution in [1.82, 2.24) is 5.32 Å². The lowest BCUT2D eigenvalue weighted by molar-refractivity contribution is 0.0992. The van der Waals surface area contributed by atoms with Gasteiger partial charge in [-0.05, 0) is 36.8 Å². The van der Waals surface area contributed by atoms with Crippen molar-refractivity contribution in [3.8, 4) is 22.6 Å². The van der Waals surface area contributed by atoms with E-state index in [1.165, 1.54) is 6.07 Å². The van der Waals surface area contributed by atoms with E-state index in [1.54, 1.807) is 30.3 Å². The predicted molar refractivity (Wildman–Crippen MR) is 96.2 cm³/mol. The number of fused-ring (bicyclic) bond motifs is 1. The Morgan fingerprint density at radius 3 is 2.65 bits per heavy atom. The molecule has 0 bridgehead atoms. The van der Waals surface area contributed by atoms with Crippen LogP contribution < -0.4 is 14.8 Å². The van der Waals surface area contributed by atoms with Gasteiger partial charge in [0.05, 0.1) is 19.3 Å². The van der Waals surface area contributed by atoms with Crippen LogP contribution in [-0.2, 0) is 0 Å². The first kappa shape index (κ1) is 18.0. The summed E-state index contributed by atoms with van der Waals surface area (Å²) >= 11 is 0. The first-order chi connectivity index (χ1) is 12.3. The number of amides is 1. The van der Waals surface area contributed by atoms with Crippen LogP contribution in [0.4, 0.5) is 9.18 Å². The molecule has 0 radical (unpaired) electrons. The maximum absolute atomic E-state index is 14.8. The summed E-state index contributed by atoms with van der Waals surface area (Å²) in [6, 6.07) is 9.60. The lowest BCUT2D eigenvalue weighted by atomic mass is 9.78. The minimum absolute atomic E-state index is 0.333. The molecule has 0 aliphatic carbocycles. The van der Waals surface area contributed by atoms with E-state index in [0.29, 0.717) is 35.7 Å². The largest absolute Gasteiger partial charge is 0.494 e. The quantitative estimate of drug-likeness (QED) is 0.836. The predicted octanol–water partition coefficient (Wildman–Crippen LogP) is 4.62. The van der Waals surface area contributed by atoms with Crippen LogP contribution in [0.15, 0.2) is 36.4 Å². The fourth-order valence-corrected chi connectivity index (χ4v) is 3.20. The molecule has 1 unspecified atom stereocenters. The number of hydrogen-bond acceptors (Lipinski definition) is 3. The summed E-state index contributed by atoms with van der Waals surface area (Å²) in [5.41, 5.74) is 1.12. The normalized spacial score (nSPS) is 17.8. The molecule has 0 saturated heterocycles. The Kier molecular flexibility index (Phi) is 4.76. The summed E-state index contributed by atoms with van der Waals surface area (Å²) in [6.07, 6.45) is -1.15. The van der Waals surface area contributed by atoms with E-state index in [0.717, 1.165) is 5.75 Å². The van der Waals surface area contributed by atoms with Gasteiger partial charge in [0.1, 0.15) is 17.3 Å². The van der Waals surface area contributed by atoms with E-state index in [9.17, 15) is 9.18 Å². The SMILES string of the molecule is CCOc1ccc(-c2cc3c(cc2F)C(NC(=O)O)C(C)(C)CO3)cc1. The molecule has 3 rings (SSSR count). The van der Waals surface area contributed by atoms with E-state index < -0.39 is 23.4 Å². The van der Waals surface area contributed by atoms with Gasteiger partial charge in [-0.2, -0.15) is 0 Å². The molecule has 2 aromatic carbocycles. The molecule has 1 heterocycles. The number of carboxylic acid groups (broad SMARTS) is 1. The summed E-state index contributed by atoms with van der Waals surface area (Å²) in [6.45, 7) is 6.56. The summed E-state index contributed by atoms with van der Waals surface area (Å²) in [5.74, 6) is 0.790. The van der Waals surface area contributed by atoms with Crippen molar-refractivity contribution in [3.63, 3.8) is 0 Å². The molecule has 0 spiro atoms. The van der Waals surface area contributed by atoms with Crippen LogP contribution in [0.1, 0.15) is 32.4 Å². The standard InChI is InChI=1S/C20H22FNO4/c1-4-25-13-7-5-12(6-8-13)14-10-17-15(9-16(14)21)18(22-19(23)24)20(2,3)11-26-17/h5-10,18,22H,4,11H2,1-3H3,(H,23,24). The van der Waals surface area contributed by atoms with E-state index in [2.05, 4.69) is 5.32 Å². The van der Waals surface area contributed by atoms with Gasteiger partial charge in [-0.15, -0.1) is 0 Å². The first-order valence-corrected chi connectivity index (χ1v) is 8.51. The molecule has 1 atom stereocenters. The first-order valence-electron chi connectivity index (χ1n) is 8.51. The fourth-order valence-electron chi connectivity index (χ4n) is 3.20. The number of rotatable bonds is 4. The van der Waals surface area contributed by atoms with Gasteiger partial charge in [0.2, 0.25) is 0 Å². The van der Waals surface area contributed by atoms with Crippen molar-refractivity contribution in [2.45, 2.75) is 26.8 Å². The second-order valence-corrected chi connectivity index (χ2v) is 6.99. The minimum atomic E-state index is -1.15. The average Bonchev–Trinajstić information content (AvgIpc) is 2.58. The van der Waals surface area contributed by atoms with Crippen LogP contribution in [0.2, 0.25) is 0 Å². The molecule has 26 heavy (non-hydrogen) atoms. The van der Waals surface area contributed by atoms with Crippen molar-refractivity contribution in [2.24, 2.45) is 5.41 Å². The number of carbonyl (C=O) groups is 1. The zero-order valence-corrected chi connectivity index (χ0v) is 15.0. The summed E-state index contributed by atoms with van der Waals surface area (Å²) in [4.78, 5) is 11.2. The minimum Gasteiger partial charge on any atom is -0.494 e. The van der Waals surface area contributed by atoms with E-state index in [4.69, 9.17) is 14.6 Å². The molecule has 138 valence electrons. The van der Waals surface area contributed by atoms with Gasteiger partial charge in [0.15, 0.2) is 0 Å². The molecule has 6 heteroatoms. The second kappa shape index (κ2) is 6.86. The number of nitrogens with one attached hydrogen (secondary N) is 1. The van der Waals surface area contributed by atoms with Gasteiger partial charge >= 0.3 is 6.09 Å². The molecular weight excluding hydrogens is 337 g/mol. The number of ether oxygens (including phenoxy) is 2. The Morgan fingerprint density at radius 1 is 1.35 bits per heavy atom. The number of hydrogen-bond donors (Lipinski definition) is 2. The van der Waals surface area contributed by atoms with Gasteiger partial charge in [-0.25, -0.2) is 9.18 Å². The lowest BCUT2D eigenvalue weighted by Crippen LogP contribution is -2.43. The van der Waals surface area contributed by atoms with Crippen LogP contribution in [0.25, 0.3) is 11.1 Å². The topological polar surface area (TPSA) is 67.8 Å². The van der Waals surface area contributed by atoms with Crippen LogP contribution >= 0.6 is 0 Å². The maximum atomic E-state index is 14.8. The molecule has 2 aromatic rings.